The zero-order valence-electron chi connectivity index (χ0n) is 10.6. The van der Waals surface area contributed by atoms with Gasteiger partial charge in [0.15, 0.2) is 0 Å². The summed E-state index contributed by atoms with van der Waals surface area (Å²) in [7, 11) is 1.52. The molecule has 3 nitrogen and oxygen atoms in total. The van der Waals surface area contributed by atoms with Crippen LogP contribution in [0.5, 0.6) is 5.75 Å². The van der Waals surface area contributed by atoms with Gasteiger partial charge in [-0.15, -0.1) is 0 Å². The van der Waals surface area contributed by atoms with Crippen molar-refractivity contribution in [2.75, 3.05) is 24.7 Å². The summed E-state index contributed by atoms with van der Waals surface area (Å²) in [4.78, 5) is 0. The highest BCUT2D eigenvalue weighted by atomic mass is 19.1. The molecular formula is C13H21FN2O. The van der Waals surface area contributed by atoms with Crippen molar-refractivity contribution >= 4 is 11.4 Å². The summed E-state index contributed by atoms with van der Waals surface area (Å²) in [6, 6.07) is 2.89. The fourth-order valence-electron chi connectivity index (χ4n) is 1.66. The Labute approximate surface area is 102 Å². The molecule has 4 heteroatoms. The molecule has 0 amide bonds. The first-order chi connectivity index (χ1) is 8.19. The number of methoxy groups -OCH3 is 1. The van der Waals surface area contributed by atoms with Gasteiger partial charge in [0.2, 0.25) is 0 Å². The summed E-state index contributed by atoms with van der Waals surface area (Å²) in [5, 5.41) is 3.06. The van der Waals surface area contributed by atoms with Crippen LogP contribution in [0.4, 0.5) is 15.8 Å². The zero-order valence-corrected chi connectivity index (χ0v) is 10.6. The van der Waals surface area contributed by atoms with Crippen molar-refractivity contribution in [2.45, 2.75) is 32.6 Å². The molecule has 0 fully saturated rings. The number of benzene rings is 1. The lowest BCUT2D eigenvalue weighted by molar-refractivity contribution is 0.416. The van der Waals surface area contributed by atoms with Gasteiger partial charge in [-0.05, 0) is 6.42 Å². The van der Waals surface area contributed by atoms with Gasteiger partial charge in [-0.3, -0.25) is 0 Å². The van der Waals surface area contributed by atoms with Crippen molar-refractivity contribution in [3.63, 3.8) is 0 Å². The van der Waals surface area contributed by atoms with E-state index in [1.807, 2.05) is 0 Å². The Morgan fingerprint density at radius 2 is 2.06 bits per heavy atom. The average Bonchev–Trinajstić information content (AvgIpc) is 2.31. The molecule has 0 aromatic heterocycles. The molecular weight excluding hydrogens is 219 g/mol. The lowest BCUT2D eigenvalue weighted by Crippen LogP contribution is -2.05. The Hall–Kier alpha value is -1.45. The van der Waals surface area contributed by atoms with E-state index >= 15 is 0 Å². The minimum absolute atomic E-state index is 0.321. The maximum Gasteiger partial charge on any atom is 0.148 e. The number of nitrogens with one attached hydrogen (secondary N) is 1. The van der Waals surface area contributed by atoms with Gasteiger partial charge >= 0.3 is 0 Å². The van der Waals surface area contributed by atoms with Crippen LogP contribution in [0, 0.1) is 5.82 Å². The van der Waals surface area contributed by atoms with E-state index < -0.39 is 0 Å². The first-order valence-electron chi connectivity index (χ1n) is 6.06. The molecule has 0 saturated carbocycles. The van der Waals surface area contributed by atoms with E-state index in [-0.39, 0.29) is 5.82 Å². The van der Waals surface area contributed by atoms with Crippen molar-refractivity contribution in [3.05, 3.63) is 17.9 Å². The smallest absolute Gasteiger partial charge is 0.148 e. The molecule has 0 aliphatic heterocycles. The second kappa shape index (κ2) is 6.99. The van der Waals surface area contributed by atoms with Crippen LogP contribution < -0.4 is 15.8 Å². The van der Waals surface area contributed by atoms with Gasteiger partial charge in [0.05, 0.1) is 18.5 Å². The topological polar surface area (TPSA) is 47.3 Å². The minimum atomic E-state index is -0.334. The molecule has 0 aliphatic carbocycles. The summed E-state index contributed by atoms with van der Waals surface area (Å²) in [6.07, 6.45) is 4.62. The van der Waals surface area contributed by atoms with Crippen molar-refractivity contribution in [2.24, 2.45) is 0 Å². The van der Waals surface area contributed by atoms with Gasteiger partial charge in [0, 0.05) is 18.7 Å². The third kappa shape index (κ3) is 4.13. The predicted octanol–water partition coefficient (Wildman–Crippen LogP) is 3.41. The normalized spacial score (nSPS) is 10.3. The Bertz CT molecular complexity index is 356. The summed E-state index contributed by atoms with van der Waals surface area (Å²) >= 11 is 0. The number of nitrogen functional groups attached to an aromatic ring is 1. The van der Waals surface area contributed by atoms with Crippen molar-refractivity contribution < 1.29 is 9.13 Å². The van der Waals surface area contributed by atoms with Gasteiger partial charge in [0.25, 0.3) is 0 Å². The third-order valence-corrected chi connectivity index (χ3v) is 2.67. The van der Waals surface area contributed by atoms with Crippen molar-refractivity contribution in [1.29, 1.82) is 0 Å². The first-order valence-corrected chi connectivity index (χ1v) is 6.06. The van der Waals surface area contributed by atoms with Crippen LogP contribution in [-0.4, -0.2) is 13.7 Å². The molecule has 0 bridgehead atoms. The standard InChI is InChI=1S/C13H21FN2O/c1-3-4-5-6-7-16-12-9-13(17-2)11(15)8-10(12)14/h8-9,16H,3-7,15H2,1-2H3. The number of unbranched alkanes of at least 4 members (excludes halogenated alkanes) is 3. The van der Waals surface area contributed by atoms with E-state index in [0.29, 0.717) is 17.1 Å². The van der Waals surface area contributed by atoms with E-state index in [1.54, 1.807) is 6.07 Å². The number of nitrogens with two attached hydrogens (primary N) is 1. The van der Waals surface area contributed by atoms with Crippen LogP contribution in [0.2, 0.25) is 0 Å². The summed E-state index contributed by atoms with van der Waals surface area (Å²) < 4.78 is 18.6. The zero-order chi connectivity index (χ0) is 12.7. The van der Waals surface area contributed by atoms with E-state index in [4.69, 9.17) is 10.5 Å². The number of ether oxygens (including phenoxy) is 1. The third-order valence-electron chi connectivity index (χ3n) is 2.67. The van der Waals surface area contributed by atoms with Crippen LogP contribution >= 0.6 is 0 Å². The molecule has 96 valence electrons. The number of hydrogen-bond acceptors (Lipinski definition) is 3. The fraction of sp³-hybridized carbons (Fsp3) is 0.538. The number of hydrogen-bond donors (Lipinski definition) is 2. The Morgan fingerprint density at radius 3 is 2.71 bits per heavy atom. The second-order valence-corrected chi connectivity index (χ2v) is 4.06. The summed E-state index contributed by atoms with van der Waals surface area (Å²) in [5.41, 5.74) is 6.37. The molecule has 0 radical (unpaired) electrons. The van der Waals surface area contributed by atoms with Crippen molar-refractivity contribution in [3.8, 4) is 5.75 Å². The van der Waals surface area contributed by atoms with E-state index in [0.717, 1.165) is 19.4 Å². The molecule has 3 N–H and O–H groups in total. The van der Waals surface area contributed by atoms with Crippen LogP contribution in [0.25, 0.3) is 0 Å². The highest BCUT2D eigenvalue weighted by Gasteiger charge is 2.07. The summed E-state index contributed by atoms with van der Waals surface area (Å²) in [5.74, 6) is 0.168. The minimum Gasteiger partial charge on any atom is -0.495 e. The van der Waals surface area contributed by atoms with Crippen LogP contribution in [-0.2, 0) is 0 Å². The van der Waals surface area contributed by atoms with Crippen molar-refractivity contribution in [1.82, 2.24) is 0 Å². The highest BCUT2D eigenvalue weighted by molar-refractivity contribution is 5.62. The molecule has 1 aromatic carbocycles. The predicted molar refractivity (Wildman–Crippen MR) is 70.0 cm³/mol. The fourth-order valence-corrected chi connectivity index (χ4v) is 1.66. The molecule has 0 unspecified atom stereocenters. The van der Waals surface area contributed by atoms with Gasteiger partial charge in [-0.1, -0.05) is 26.2 Å². The molecule has 0 spiro atoms. The molecule has 0 heterocycles. The van der Waals surface area contributed by atoms with Gasteiger partial charge < -0.3 is 15.8 Å². The van der Waals surface area contributed by atoms with Gasteiger partial charge in [-0.25, -0.2) is 4.39 Å². The lowest BCUT2D eigenvalue weighted by atomic mass is 10.2. The molecule has 1 aromatic rings. The van der Waals surface area contributed by atoms with E-state index in [2.05, 4.69) is 12.2 Å². The summed E-state index contributed by atoms with van der Waals surface area (Å²) in [6.45, 7) is 2.93. The highest BCUT2D eigenvalue weighted by Crippen LogP contribution is 2.28. The number of halogens is 1. The Kier molecular flexibility index (Phi) is 5.60. The molecule has 1 rings (SSSR count). The van der Waals surface area contributed by atoms with Crippen LogP contribution in [0.15, 0.2) is 12.1 Å². The average molecular weight is 240 g/mol. The maximum absolute atomic E-state index is 13.5. The van der Waals surface area contributed by atoms with Crippen LogP contribution in [0.3, 0.4) is 0 Å². The largest absolute Gasteiger partial charge is 0.495 e. The molecule has 0 aliphatic rings. The SMILES string of the molecule is CCCCCCNc1cc(OC)c(N)cc1F. The van der Waals surface area contributed by atoms with E-state index in [1.165, 1.54) is 26.0 Å². The number of anilines is 2. The monoisotopic (exact) mass is 240 g/mol. The Balaban J connectivity index is 2.52. The number of rotatable bonds is 7. The maximum atomic E-state index is 13.5. The Morgan fingerprint density at radius 1 is 1.29 bits per heavy atom. The lowest BCUT2D eigenvalue weighted by Gasteiger charge is -2.11. The first kappa shape index (κ1) is 13.6. The van der Waals surface area contributed by atoms with Gasteiger partial charge in [0.1, 0.15) is 11.6 Å². The molecule has 0 atom stereocenters. The molecule has 17 heavy (non-hydrogen) atoms. The quantitative estimate of drug-likeness (QED) is 0.567. The van der Waals surface area contributed by atoms with Crippen LogP contribution in [0.1, 0.15) is 32.6 Å². The van der Waals surface area contributed by atoms with Gasteiger partial charge in [-0.2, -0.15) is 0 Å². The van der Waals surface area contributed by atoms with E-state index in [9.17, 15) is 4.39 Å². The molecule has 0 saturated heterocycles. The second-order valence-electron chi connectivity index (χ2n) is 4.06.